The number of hydrogen-bond acceptors (Lipinski definition) is 2. The maximum absolute atomic E-state index is 8.89. The summed E-state index contributed by atoms with van der Waals surface area (Å²) in [4.78, 5) is 0.890. The lowest BCUT2D eigenvalue weighted by Gasteiger charge is -2.10. The molecular formula is C18H14N2S. The van der Waals surface area contributed by atoms with Crippen molar-refractivity contribution in [3.8, 4) is 17.2 Å². The van der Waals surface area contributed by atoms with Crippen molar-refractivity contribution < 1.29 is 0 Å². The molecule has 1 aliphatic rings. The molecule has 0 aliphatic carbocycles. The first kappa shape index (κ1) is 13.5. The molecule has 0 saturated heterocycles. The highest BCUT2D eigenvalue weighted by atomic mass is 32.1. The summed E-state index contributed by atoms with van der Waals surface area (Å²) in [6.45, 7) is 0. The summed E-state index contributed by atoms with van der Waals surface area (Å²) in [6.07, 6.45) is 3.75. The first-order chi connectivity index (χ1) is 10.3. The van der Waals surface area contributed by atoms with Crippen LogP contribution in [0.4, 0.5) is 0 Å². The maximum atomic E-state index is 8.89. The molecule has 0 aromatic heterocycles. The molecule has 3 heteroatoms. The summed E-state index contributed by atoms with van der Waals surface area (Å²) in [6, 6.07) is 18.3. The molecule has 0 spiro atoms. The Bertz CT molecular complexity index is 752. The van der Waals surface area contributed by atoms with Crippen LogP contribution in [0.5, 0.6) is 0 Å². The minimum atomic E-state index is 0.685. The highest BCUT2D eigenvalue weighted by Gasteiger charge is 2.12. The highest BCUT2D eigenvalue weighted by molar-refractivity contribution is 7.80. The van der Waals surface area contributed by atoms with Gasteiger partial charge in [0, 0.05) is 12.6 Å². The molecule has 0 atom stereocenters. The van der Waals surface area contributed by atoms with Gasteiger partial charge in [0.25, 0.3) is 0 Å². The Morgan fingerprint density at radius 2 is 1.86 bits per heavy atom. The number of nitrogens with one attached hydrogen (secondary N) is 1. The average molecular weight is 290 g/mol. The number of rotatable bonds is 3. The second-order valence-electron chi connectivity index (χ2n) is 5.07. The minimum absolute atomic E-state index is 0.685. The van der Waals surface area contributed by atoms with Gasteiger partial charge in [0.1, 0.15) is 0 Å². The van der Waals surface area contributed by atoms with Gasteiger partial charge in [-0.15, -0.1) is 0 Å². The molecule has 3 rings (SSSR count). The largest absolute Gasteiger partial charge is 0.356 e. The Hall–Kier alpha value is -2.44. The van der Waals surface area contributed by atoms with Crippen molar-refractivity contribution in [2.75, 3.05) is 0 Å². The molecule has 0 unspecified atom stereocenters. The molecule has 1 N–H and O–H groups in total. The molecule has 0 radical (unpaired) electrons. The zero-order valence-electron chi connectivity index (χ0n) is 11.5. The van der Waals surface area contributed by atoms with Gasteiger partial charge in [-0.3, -0.25) is 0 Å². The summed E-state index contributed by atoms with van der Waals surface area (Å²) in [7, 11) is 0. The van der Waals surface area contributed by atoms with Crippen molar-refractivity contribution in [3.63, 3.8) is 0 Å². The van der Waals surface area contributed by atoms with Crippen molar-refractivity contribution in [2.24, 2.45) is 0 Å². The van der Waals surface area contributed by atoms with E-state index in [2.05, 4.69) is 29.6 Å². The molecule has 0 bridgehead atoms. The van der Waals surface area contributed by atoms with Crippen LogP contribution in [0.15, 0.2) is 60.3 Å². The van der Waals surface area contributed by atoms with Crippen molar-refractivity contribution >= 4 is 17.2 Å². The maximum Gasteiger partial charge on any atom is 0.0991 e. The number of nitriles is 1. The zero-order chi connectivity index (χ0) is 14.7. The van der Waals surface area contributed by atoms with E-state index in [-0.39, 0.29) is 0 Å². The Kier molecular flexibility index (Phi) is 3.81. The van der Waals surface area contributed by atoms with Crippen LogP contribution >= 0.6 is 12.2 Å². The number of hydrogen-bond donors (Lipinski definition) is 1. The third-order valence-corrected chi connectivity index (χ3v) is 3.85. The fourth-order valence-electron chi connectivity index (χ4n) is 2.53. The van der Waals surface area contributed by atoms with Crippen LogP contribution in [-0.2, 0) is 6.42 Å². The number of thiocarbonyl (C=S) groups is 1. The molecule has 2 nitrogen and oxygen atoms in total. The van der Waals surface area contributed by atoms with Crippen molar-refractivity contribution in [1.29, 1.82) is 5.26 Å². The van der Waals surface area contributed by atoms with E-state index in [9.17, 15) is 0 Å². The predicted octanol–water partition coefficient (Wildman–Crippen LogP) is 3.97. The summed E-state index contributed by atoms with van der Waals surface area (Å²) >= 11 is 5.17. The first-order valence-electron chi connectivity index (χ1n) is 6.82. The molecular weight excluding hydrogens is 276 g/mol. The summed E-state index contributed by atoms with van der Waals surface area (Å²) in [5, 5.41) is 12.0. The van der Waals surface area contributed by atoms with E-state index >= 15 is 0 Å². The molecule has 102 valence electrons. The molecule has 2 aromatic rings. The second kappa shape index (κ2) is 5.90. The van der Waals surface area contributed by atoms with Gasteiger partial charge in [-0.05, 0) is 40.8 Å². The van der Waals surface area contributed by atoms with Gasteiger partial charge in [-0.25, -0.2) is 0 Å². The van der Waals surface area contributed by atoms with E-state index in [1.165, 1.54) is 16.7 Å². The lowest BCUT2D eigenvalue weighted by atomic mass is 9.94. The topological polar surface area (TPSA) is 35.8 Å². The first-order valence-corrected chi connectivity index (χ1v) is 7.23. The Morgan fingerprint density at radius 3 is 2.52 bits per heavy atom. The lowest BCUT2D eigenvalue weighted by molar-refractivity contribution is 1.12. The third kappa shape index (κ3) is 3.01. The van der Waals surface area contributed by atoms with Crippen LogP contribution in [-0.4, -0.2) is 4.99 Å². The highest BCUT2D eigenvalue weighted by Crippen LogP contribution is 2.27. The second-order valence-corrected chi connectivity index (χ2v) is 5.56. The molecule has 0 saturated carbocycles. The molecule has 21 heavy (non-hydrogen) atoms. The quantitative estimate of drug-likeness (QED) is 0.869. The zero-order valence-corrected chi connectivity index (χ0v) is 12.3. The van der Waals surface area contributed by atoms with Gasteiger partial charge >= 0.3 is 0 Å². The van der Waals surface area contributed by atoms with Crippen LogP contribution in [0.1, 0.15) is 17.5 Å². The van der Waals surface area contributed by atoms with Gasteiger partial charge in [0.2, 0.25) is 0 Å². The normalized spacial score (nSPS) is 13.5. The SMILES string of the molecule is N#Cc1ccc(-c2ccccc2CC2=CNC(=S)C2)cc1. The number of benzene rings is 2. The fourth-order valence-corrected chi connectivity index (χ4v) is 2.77. The molecule has 0 amide bonds. The third-order valence-electron chi connectivity index (χ3n) is 3.58. The average Bonchev–Trinajstić information content (AvgIpc) is 2.93. The van der Waals surface area contributed by atoms with Crippen LogP contribution in [0.2, 0.25) is 0 Å². The van der Waals surface area contributed by atoms with E-state index in [1.807, 2.05) is 36.5 Å². The van der Waals surface area contributed by atoms with Crippen molar-refractivity contribution in [3.05, 3.63) is 71.4 Å². The van der Waals surface area contributed by atoms with E-state index in [0.717, 1.165) is 23.4 Å². The van der Waals surface area contributed by atoms with E-state index in [1.54, 1.807) is 0 Å². The Morgan fingerprint density at radius 1 is 1.10 bits per heavy atom. The predicted molar refractivity (Wildman–Crippen MR) is 88.7 cm³/mol. The monoisotopic (exact) mass is 290 g/mol. The van der Waals surface area contributed by atoms with E-state index in [0.29, 0.717) is 5.56 Å². The lowest BCUT2D eigenvalue weighted by Crippen LogP contribution is -2.05. The van der Waals surface area contributed by atoms with E-state index < -0.39 is 0 Å². The Balaban J connectivity index is 1.92. The van der Waals surface area contributed by atoms with Gasteiger partial charge < -0.3 is 5.32 Å². The fraction of sp³-hybridized carbons (Fsp3) is 0.111. The minimum Gasteiger partial charge on any atom is -0.356 e. The molecule has 1 heterocycles. The molecule has 1 aliphatic heterocycles. The standard InChI is InChI=1S/C18H14N2S/c19-11-13-5-7-15(8-6-13)17-4-2-1-3-16(17)9-14-10-18(21)20-12-14/h1-8,12H,9-10H2,(H,20,21). The van der Waals surface area contributed by atoms with Crippen molar-refractivity contribution in [2.45, 2.75) is 12.8 Å². The molecule has 2 aromatic carbocycles. The summed E-state index contributed by atoms with van der Waals surface area (Å²) in [5.41, 5.74) is 5.62. The molecule has 0 fully saturated rings. The van der Waals surface area contributed by atoms with Crippen LogP contribution in [0.25, 0.3) is 11.1 Å². The number of nitrogens with zero attached hydrogens (tertiary/aromatic N) is 1. The van der Waals surface area contributed by atoms with Crippen LogP contribution < -0.4 is 5.32 Å². The van der Waals surface area contributed by atoms with Gasteiger partial charge in [-0.1, -0.05) is 48.6 Å². The Labute approximate surface area is 129 Å². The van der Waals surface area contributed by atoms with Gasteiger partial charge in [0.15, 0.2) is 0 Å². The van der Waals surface area contributed by atoms with E-state index in [4.69, 9.17) is 17.5 Å². The van der Waals surface area contributed by atoms with Gasteiger partial charge in [0.05, 0.1) is 16.6 Å². The smallest absolute Gasteiger partial charge is 0.0991 e. The van der Waals surface area contributed by atoms with Crippen molar-refractivity contribution in [1.82, 2.24) is 5.32 Å². The van der Waals surface area contributed by atoms with Crippen LogP contribution in [0.3, 0.4) is 0 Å². The van der Waals surface area contributed by atoms with Crippen LogP contribution in [0, 0.1) is 11.3 Å². The summed E-state index contributed by atoms with van der Waals surface area (Å²) < 4.78 is 0. The van der Waals surface area contributed by atoms with Gasteiger partial charge in [-0.2, -0.15) is 5.26 Å². The summed E-state index contributed by atoms with van der Waals surface area (Å²) in [5.74, 6) is 0.